The molecule has 2 unspecified atom stereocenters. The van der Waals surface area contributed by atoms with Gasteiger partial charge in [0.1, 0.15) is 6.20 Å². The smallest absolute Gasteiger partial charge is 0.287 e. The Kier molecular flexibility index (Phi) is 2.79. The number of rotatable bonds is 2. The van der Waals surface area contributed by atoms with Crippen LogP contribution in [0.1, 0.15) is 30.5 Å². The van der Waals surface area contributed by atoms with Crippen LogP contribution in [0.3, 0.4) is 0 Å². The average molecular weight is 235 g/mol. The van der Waals surface area contributed by atoms with E-state index in [9.17, 15) is 14.9 Å². The van der Waals surface area contributed by atoms with Crippen LogP contribution in [0.25, 0.3) is 0 Å². The molecule has 90 valence electrons. The lowest BCUT2D eigenvalue weighted by molar-refractivity contribution is -0.385. The van der Waals surface area contributed by atoms with Crippen molar-refractivity contribution in [2.45, 2.75) is 25.7 Å². The molecule has 0 spiro atoms. The number of hydrogen-bond acceptors (Lipinski definition) is 4. The standard InChI is InChI=1S/C11H13N3O3/c1-6-2-8(11(12)15)3-7-4-9(14(16)17)5-13-10(6)7/h4-6,8H,2-3H2,1H3,(H2,12,15). The maximum absolute atomic E-state index is 11.2. The summed E-state index contributed by atoms with van der Waals surface area (Å²) < 4.78 is 0. The van der Waals surface area contributed by atoms with Gasteiger partial charge in [0.15, 0.2) is 0 Å². The van der Waals surface area contributed by atoms with Crippen molar-refractivity contribution in [2.75, 3.05) is 0 Å². The number of primary amides is 1. The van der Waals surface area contributed by atoms with E-state index in [1.165, 1.54) is 12.3 Å². The number of carbonyl (C=O) groups excluding carboxylic acids is 1. The highest BCUT2D eigenvalue weighted by molar-refractivity contribution is 5.77. The van der Waals surface area contributed by atoms with Gasteiger partial charge in [0.05, 0.1) is 4.92 Å². The Morgan fingerprint density at radius 2 is 2.35 bits per heavy atom. The molecule has 0 aliphatic heterocycles. The molecule has 0 saturated carbocycles. The Balaban J connectivity index is 2.40. The number of amides is 1. The molecular formula is C11H13N3O3. The third-order valence-electron chi connectivity index (χ3n) is 3.17. The van der Waals surface area contributed by atoms with E-state index >= 15 is 0 Å². The number of nitrogens with two attached hydrogens (primary N) is 1. The number of aromatic nitrogens is 1. The van der Waals surface area contributed by atoms with Crippen LogP contribution in [-0.2, 0) is 11.2 Å². The second-order valence-corrected chi connectivity index (χ2v) is 4.44. The Morgan fingerprint density at radius 3 is 2.94 bits per heavy atom. The van der Waals surface area contributed by atoms with Crippen LogP contribution in [0, 0.1) is 16.0 Å². The molecule has 2 N–H and O–H groups in total. The van der Waals surface area contributed by atoms with E-state index in [-0.39, 0.29) is 23.4 Å². The minimum Gasteiger partial charge on any atom is -0.369 e. The number of pyridine rings is 1. The fourth-order valence-corrected chi connectivity index (χ4v) is 2.32. The number of fused-ring (bicyclic) bond motifs is 1. The Hall–Kier alpha value is -1.98. The van der Waals surface area contributed by atoms with E-state index in [1.807, 2.05) is 6.92 Å². The fourth-order valence-electron chi connectivity index (χ4n) is 2.32. The lowest BCUT2D eigenvalue weighted by atomic mass is 9.80. The molecule has 17 heavy (non-hydrogen) atoms. The van der Waals surface area contributed by atoms with Crippen LogP contribution < -0.4 is 5.73 Å². The van der Waals surface area contributed by atoms with Gasteiger partial charge in [0.2, 0.25) is 5.91 Å². The summed E-state index contributed by atoms with van der Waals surface area (Å²) in [4.78, 5) is 25.5. The molecule has 0 aromatic carbocycles. The Bertz CT molecular complexity index is 487. The third-order valence-corrected chi connectivity index (χ3v) is 3.17. The molecule has 0 bridgehead atoms. The normalized spacial score (nSPS) is 22.9. The molecule has 0 radical (unpaired) electrons. The number of nitro groups is 1. The molecule has 0 fully saturated rings. The van der Waals surface area contributed by atoms with Crippen LogP contribution >= 0.6 is 0 Å². The van der Waals surface area contributed by atoms with Gasteiger partial charge < -0.3 is 5.73 Å². The van der Waals surface area contributed by atoms with Crippen molar-refractivity contribution in [1.82, 2.24) is 4.98 Å². The van der Waals surface area contributed by atoms with Gasteiger partial charge in [-0.05, 0) is 24.3 Å². The SMILES string of the molecule is CC1CC(C(N)=O)Cc2cc([N+](=O)[O-])cnc21. The molecule has 1 heterocycles. The van der Waals surface area contributed by atoms with Crippen LogP contribution in [0.15, 0.2) is 12.3 Å². The molecule has 1 amide bonds. The van der Waals surface area contributed by atoms with Crippen molar-refractivity contribution in [3.8, 4) is 0 Å². The molecule has 6 nitrogen and oxygen atoms in total. The average Bonchev–Trinajstić information content (AvgIpc) is 2.27. The Morgan fingerprint density at radius 1 is 1.65 bits per heavy atom. The zero-order valence-electron chi connectivity index (χ0n) is 9.42. The summed E-state index contributed by atoms with van der Waals surface area (Å²) >= 11 is 0. The van der Waals surface area contributed by atoms with Crippen LogP contribution in [0.2, 0.25) is 0 Å². The first-order chi connectivity index (χ1) is 7.99. The molecule has 2 rings (SSSR count). The van der Waals surface area contributed by atoms with Gasteiger partial charge in [-0.2, -0.15) is 0 Å². The second kappa shape index (κ2) is 4.12. The number of nitrogens with zero attached hydrogens (tertiary/aromatic N) is 2. The molecule has 2 atom stereocenters. The zero-order valence-corrected chi connectivity index (χ0v) is 9.42. The van der Waals surface area contributed by atoms with Gasteiger partial charge in [-0.25, -0.2) is 0 Å². The van der Waals surface area contributed by atoms with E-state index < -0.39 is 4.92 Å². The first kappa shape index (κ1) is 11.5. The quantitative estimate of drug-likeness (QED) is 0.613. The maximum Gasteiger partial charge on any atom is 0.287 e. The minimum absolute atomic E-state index is 0.0407. The van der Waals surface area contributed by atoms with E-state index in [1.54, 1.807) is 0 Å². The summed E-state index contributed by atoms with van der Waals surface area (Å²) in [5.41, 5.74) is 6.86. The lowest BCUT2D eigenvalue weighted by Crippen LogP contribution is -2.30. The summed E-state index contributed by atoms with van der Waals surface area (Å²) in [6, 6.07) is 1.49. The maximum atomic E-state index is 11.2. The topological polar surface area (TPSA) is 99.1 Å². The van der Waals surface area contributed by atoms with Gasteiger partial charge in [0, 0.05) is 17.7 Å². The van der Waals surface area contributed by atoms with Crippen LogP contribution in [0.4, 0.5) is 5.69 Å². The molecule has 1 aliphatic rings. The summed E-state index contributed by atoms with van der Waals surface area (Å²) in [5.74, 6) is -0.493. The van der Waals surface area contributed by atoms with Gasteiger partial charge in [-0.3, -0.25) is 19.9 Å². The molecule has 0 saturated heterocycles. The monoisotopic (exact) mass is 235 g/mol. The predicted molar refractivity (Wildman–Crippen MR) is 60.3 cm³/mol. The summed E-state index contributed by atoms with van der Waals surface area (Å²) in [5, 5.41) is 10.7. The molecule has 1 aromatic heterocycles. The van der Waals surface area contributed by atoms with Gasteiger partial charge in [-0.15, -0.1) is 0 Å². The predicted octanol–water partition coefficient (Wildman–Crippen LogP) is 1.14. The van der Waals surface area contributed by atoms with E-state index in [4.69, 9.17) is 5.73 Å². The number of carbonyl (C=O) groups is 1. The second-order valence-electron chi connectivity index (χ2n) is 4.44. The first-order valence-electron chi connectivity index (χ1n) is 5.41. The van der Waals surface area contributed by atoms with Gasteiger partial charge in [0.25, 0.3) is 5.69 Å². The van der Waals surface area contributed by atoms with E-state index in [0.29, 0.717) is 12.8 Å². The van der Waals surface area contributed by atoms with Crippen LogP contribution in [-0.4, -0.2) is 15.8 Å². The van der Waals surface area contributed by atoms with E-state index in [0.717, 1.165) is 11.3 Å². The zero-order chi connectivity index (χ0) is 12.6. The summed E-state index contributed by atoms with van der Waals surface area (Å²) in [6.07, 6.45) is 2.37. The van der Waals surface area contributed by atoms with Crippen molar-refractivity contribution < 1.29 is 9.72 Å². The van der Waals surface area contributed by atoms with Crippen molar-refractivity contribution >= 4 is 11.6 Å². The van der Waals surface area contributed by atoms with Gasteiger partial charge in [-0.1, -0.05) is 6.92 Å². The molecule has 6 heteroatoms. The highest BCUT2D eigenvalue weighted by Gasteiger charge is 2.29. The highest BCUT2D eigenvalue weighted by atomic mass is 16.6. The fraction of sp³-hybridized carbons (Fsp3) is 0.455. The van der Waals surface area contributed by atoms with Gasteiger partial charge >= 0.3 is 0 Å². The summed E-state index contributed by atoms with van der Waals surface area (Å²) in [7, 11) is 0. The number of hydrogen-bond donors (Lipinski definition) is 1. The first-order valence-corrected chi connectivity index (χ1v) is 5.41. The van der Waals surface area contributed by atoms with Crippen molar-refractivity contribution in [3.63, 3.8) is 0 Å². The highest BCUT2D eigenvalue weighted by Crippen LogP contribution is 2.34. The largest absolute Gasteiger partial charge is 0.369 e. The van der Waals surface area contributed by atoms with Crippen LogP contribution in [0.5, 0.6) is 0 Å². The minimum atomic E-state index is -0.480. The van der Waals surface area contributed by atoms with Crippen molar-refractivity contribution in [3.05, 3.63) is 33.6 Å². The lowest BCUT2D eigenvalue weighted by Gasteiger charge is -2.26. The van der Waals surface area contributed by atoms with Crippen molar-refractivity contribution in [2.24, 2.45) is 11.7 Å². The molecular weight excluding hydrogens is 222 g/mol. The third kappa shape index (κ3) is 2.11. The van der Waals surface area contributed by atoms with Crippen molar-refractivity contribution in [1.29, 1.82) is 0 Å². The summed E-state index contributed by atoms with van der Waals surface area (Å²) in [6.45, 7) is 1.95. The Labute approximate surface area is 98.0 Å². The van der Waals surface area contributed by atoms with E-state index in [2.05, 4.69) is 4.98 Å². The molecule has 1 aromatic rings. The molecule has 1 aliphatic carbocycles.